The average molecular weight is 268 g/mol. The van der Waals surface area contributed by atoms with Gasteiger partial charge in [0, 0.05) is 6.42 Å². The average Bonchev–Trinajstić information content (AvgIpc) is 2.92. The molecule has 1 aromatic rings. The number of halogens is 2. The second kappa shape index (κ2) is 4.18. The number of ether oxygens (including phenoxy) is 1. The van der Waals surface area contributed by atoms with Crippen LogP contribution in [0.25, 0.3) is 0 Å². The third-order valence-electron chi connectivity index (χ3n) is 3.27. The minimum atomic E-state index is -0.861. The molecule has 100 valence electrons. The van der Waals surface area contributed by atoms with Crippen molar-refractivity contribution in [3.8, 4) is 0 Å². The molecule has 5 nitrogen and oxygen atoms in total. The number of esters is 1. The summed E-state index contributed by atoms with van der Waals surface area (Å²) in [6, 6.07) is 1.94. The van der Waals surface area contributed by atoms with E-state index in [2.05, 4.69) is 5.32 Å². The zero-order valence-electron chi connectivity index (χ0n) is 9.73. The Hall–Kier alpha value is -2.18. The van der Waals surface area contributed by atoms with Gasteiger partial charge in [-0.3, -0.25) is 0 Å². The number of hydrogen-bond donors (Lipinski definition) is 1. The predicted molar refractivity (Wildman–Crippen MR) is 60.4 cm³/mol. The fourth-order valence-electron chi connectivity index (χ4n) is 2.37. The van der Waals surface area contributed by atoms with Gasteiger partial charge in [-0.25, -0.2) is 18.4 Å². The third kappa shape index (κ3) is 1.91. The van der Waals surface area contributed by atoms with Gasteiger partial charge in [-0.05, 0) is 12.1 Å². The van der Waals surface area contributed by atoms with Crippen molar-refractivity contribution < 1.29 is 23.1 Å². The molecular weight excluding hydrogens is 258 g/mol. The fourth-order valence-corrected chi connectivity index (χ4v) is 2.37. The van der Waals surface area contributed by atoms with Crippen LogP contribution in [0.2, 0.25) is 0 Å². The first-order valence-corrected chi connectivity index (χ1v) is 5.78. The van der Waals surface area contributed by atoms with Crippen molar-refractivity contribution in [1.82, 2.24) is 4.90 Å². The van der Waals surface area contributed by atoms with Crippen LogP contribution in [0.1, 0.15) is 6.42 Å². The SMILES string of the molecule is O=C1O[C@H]2C[C@H]1N(C(=O)Nc1c(F)cccc1F)C2. The Bertz CT molecular complexity index is 544. The minimum Gasteiger partial charge on any atom is -0.459 e. The molecular formula is C12H10F2N2O3. The Balaban J connectivity index is 1.78. The van der Waals surface area contributed by atoms with E-state index in [0.29, 0.717) is 6.42 Å². The summed E-state index contributed by atoms with van der Waals surface area (Å²) >= 11 is 0. The highest BCUT2D eigenvalue weighted by molar-refractivity contribution is 5.94. The van der Waals surface area contributed by atoms with Gasteiger partial charge in [0.1, 0.15) is 29.5 Å². The van der Waals surface area contributed by atoms with Crippen LogP contribution in [0.4, 0.5) is 19.3 Å². The number of nitrogens with one attached hydrogen (secondary N) is 1. The van der Waals surface area contributed by atoms with E-state index in [0.717, 1.165) is 12.1 Å². The van der Waals surface area contributed by atoms with E-state index in [1.165, 1.54) is 11.0 Å². The van der Waals surface area contributed by atoms with Gasteiger partial charge in [0.15, 0.2) is 0 Å². The minimum absolute atomic E-state index is 0.248. The number of benzene rings is 1. The van der Waals surface area contributed by atoms with Crippen molar-refractivity contribution in [2.24, 2.45) is 0 Å². The number of fused-ring (bicyclic) bond motifs is 2. The zero-order chi connectivity index (χ0) is 13.6. The number of likely N-dealkylation sites (tertiary alicyclic amines) is 1. The number of hydrogen-bond acceptors (Lipinski definition) is 3. The molecule has 1 N–H and O–H groups in total. The van der Waals surface area contributed by atoms with Crippen LogP contribution < -0.4 is 5.32 Å². The van der Waals surface area contributed by atoms with E-state index in [9.17, 15) is 18.4 Å². The van der Waals surface area contributed by atoms with Crippen molar-refractivity contribution in [2.45, 2.75) is 18.6 Å². The van der Waals surface area contributed by atoms with Gasteiger partial charge in [-0.1, -0.05) is 6.07 Å². The molecule has 0 aromatic heterocycles. The maximum absolute atomic E-state index is 13.4. The quantitative estimate of drug-likeness (QED) is 0.785. The van der Waals surface area contributed by atoms with Crippen molar-refractivity contribution in [3.63, 3.8) is 0 Å². The van der Waals surface area contributed by atoms with Gasteiger partial charge < -0.3 is 15.0 Å². The molecule has 1 aromatic carbocycles. The number of para-hydroxylation sites is 1. The molecule has 2 aliphatic heterocycles. The Morgan fingerprint density at radius 1 is 1.37 bits per heavy atom. The van der Waals surface area contributed by atoms with Crippen LogP contribution in [-0.4, -0.2) is 35.6 Å². The Morgan fingerprint density at radius 3 is 2.63 bits per heavy atom. The molecule has 0 unspecified atom stereocenters. The van der Waals surface area contributed by atoms with Gasteiger partial charge in [-0.15, -0.1) is 0 Å². The fraction of sp³-hybridized carbons (Fsp3) is 0.333. The number of carbonyl (C=O) groups is 2. The van der Waals surface area contributed by atoms with Crippen LogP contribution in [0.3, 0.4) is 0 Å². The van der Waals surface area contributed by atoms with Crippen LogP contribution in [-0.2, 0) is 9.53 Å². The summed E-state index contributed by atoms with van der Waals surface area (Å²) in [7, 11) is 0. The summed E-state index contributed by atoms with van der Waals surface area (Å²) in [6.45, 7) is 0.248. The maximum atomic E-state index is 13.4. The third-order valence-corrected chi connectivity index (χ3v) is 3.27. The molecule has 2 aliphatic rings. The van der Waals surface area contributed by atoms with Crippen molar-refractivity contribution in [3.05, 3.63) is 29.8 Å². The second-order valence-electron chi connectivity index (χ2n) is 4.49. The number of rotatable bonds is 1. The molecule has 0 aliphatic carbocycles. The van der Waals surface area contributed by atoms with E-state index >= 15 is 0 Å². The van der Waals surface area contributed by atoms with E-state index in [4.69, 9.17) is 4.74 Å². The predicted octanol–water partition coefficient (Wildman–Crippen LogP) is 1.50. The molecule has 3 rings (SSSR count). The number of nitrogens with zero attached hydrogens (tertiary/aromatic N) is 1. The van der Waals surface area contributed by atoms with Crippen LogP contribution in [0.5, 0.6) is 0 Å². The summed E-state index contributed by atoms with van der Waals surface area (Å²) in [5.41, 5.74) is -0.511. The maximum Gasteiger partial charge on any atom is 0.329 e. The molecule has 2 fully saturated rings. The topological polar surface area (TPSA) is 58.6 Å². The highest BCUT2D eigenvalue weighted by Gasteiger charge is 2.48. The van der Waals surface area contributed by atoms with Gasteiger partial charge >= 0.3 is 12.0 Å². The monoisotopic (exact) mass is 268 g/mol. The highest BCUT2D eigenvalue weighted by atomic mass is 19.1. The number of urea groups is 1. The van der Waals surface area contributed by atoms with Crippen molar-refractivity contribution in [2.75, 3.05) is 11.9 Å². The lowest BCUT2D eigenvalue weighted by molar-refractivity contribution is -0.149. The summed E-state index contributed by atoms with van der Waals surface area (Å²) in [6.07, 6.45) is 0.125. The van der Waals surface area contributed by atoms with E-state index in [1.807, 2.05) is 0 Å². The first-order chi connectivity index (χ1) is 9.06. The van der Waals surface area contributed by atoms with Gasteiger partial charge in [-0.2, -0.15) is 0 Å². The standard InChI is InChI=1S/C12H10F2N2O3/c13-7-2-1-3-8(14)10(7)15-12(18)16-5-6-4-9(16)11(17)19-6/h1-3,6,9H,4-5H2,(H,15,18)/t6-,9+/m0/s1. The van der Waals surface area contributed by atoms with Crippen LogP contribution in [0.15, 0.2) is 18.2 Å². The van der Waals surface area contributed by atoms with Gasteiger partial charge in [0.25, 0.3) is 0 Å². The molecule has 2 bridgehead atoms. The van der Waals surface area contributed by atoms with Crippen LogP contribution >= 0.6 is 0 Å². The van der Waals surface area contributed by atoms with Gasteiger partial charge in [0.05, 0.1) is 6.54 Å². The lowest BCUT2D eigenvalue weighted by Crippen LogP contribution is -2.46. The summed E-state index contributed by atoms with van der Waals surface area (Å²) < 4.78 is 31.7. The van der Waals surface area contributed by atoms with E-state index < -0.39 is 35.4 Å². The largest absolute Gasteiger partial charge is 0.459 e. The zero-order valence-corrected chi connectivity index (χ0v) is 9.73. The number of carbonyl (C=O) groups excluding carboxylic acids is 2. The lowest BCUT2D eigenvalue weighted by Gasteiger charge is -2.25. The molecule has 0 saturated carbocycles. The number of anilines is 1. The van der Waals surface area contributed by atoms with E-state index in [1.54, 1.807) is 0 Å². The van der Waals surface area contributed by atoms with Crippen molar-refractivity contribution >= 4 is 17.7 Å². The number of morpholine rings is 1. The molecule has 2 atom stereocenters. The Labute approximate surface area is 107 Å². The normalized spacial score (nSPS) is 24.5. The first kappa shape index (κ1) is 11.9. The Morgan fingerprint density at radius 2 is 2.05 bits per heavy atom. The van der Waals surface area contributed by atoms with E-state index in [-0.39, 0.29) is 12.6 Å². The first-order valence-electron chi connectivity index (χ1n) is 5.78. The number of amides is 2. The molecule has 0 radical (unpaired) electrons. The molecule has 2 heterocycles. The molecule has 2 saturated heterocycles. The molecule has 0 spiro atoms. The van der Waals surface area contributed by atoms with Crippen molar-refractivity contribution in [1.29, 1.82) is 0 Å². The summed E-state index contributed by atoms with van der Waals surface area (Å²) in [4.78, 5) is 24.5. The van der Waals surface area contributed by atoms with Gasteiger partial charge in [0.2, 0.25) is 0 Å². The summed E-state index contributed by atoms with van der Waals surface area (Å²) in [5.74, 6) is -2.19. The molecule has 2 amide bonds. The smallest absolute Gasteiger partial charge is 0.329 e. The van der Waals surface area contributed by atoms with Crippen LogP contribution in [0, 0.1) is 11.6 Å². The second-order valence-corrected chi connectivity index (χ2v) is 4.49. The lowest BCUT2D eigenvalue weighted by atomic mass is 10.2. The Kier molecular flexibility index (Phi) is 2.62. The molecule has 7 heteroatoms. The molecule has 19 heavy (non-hydrogen) atoms. The summed E-state index contributed by atoms with van der Waals surface area (Å²) in [5, 5.41) is 2.16. The highest BCUT2D eigenvalue weighted by Crippen LogP contribution is 2.30.